The van der Waals surface area contributed by atoms with Gasteiger partial charge in [-0.3, -0.25) is 4.90 Å². The van der Waals surface area contributed by atoms with Gasteiger partial charge in [0, 0.05) is 6.20 Å². The summed E-state index contributed by atoms with van der Waals surface area (Å²) in [6.07, 6.45) is 5.12. The Bertz CT molecular complexity index is 1400. The second kappa shape index (κ2) is 9.61. The number of benzene rings is 2. The van der Waals surface area contributed by atoms with Crippen LogP contribution in [0.25, 0.3) is 10.9 Å². The van der Waals surface area contributed by atoms with E-state index in [0.717, 1.165) is 16.5 Å². The zero-order chi connectivity index (χ0) is 24.4. The summed E-state index contributed by atoms with van der Waals surface area (Å²) in [6, 6.07) is 19.5. The Morgan fingerprint density at radius 3 is 2.69 bits per heavy atom. The molecule has 8 heteroatoms. The standard InChI is InChI=1S/C27H24N4O3S/c1-30(2)27(33)31-15-22(25(32)23-17-35-26(29-23)19-9-6-12-28-14-19)21-11-10-20(13-24(21)31)34-16-18-7-4-3-5-8-18/h3-15,17H,16,29H2,1-2H3. The number of fused-ring (bicyclic) bond motifs is 1. The third kappa shape index (κ3) is 4.62. The second-order valence-corrected chi connectivity index (χ2v) is 9.22. The number of hydrogen-bond donors (Lipinski definition) is 1. The molecule has 0 aliphatic carbocycles. The molecule has 0 fully saturated rings. The molecule has 1 aliphatic heterocycles. The van der Waals surface area contributed by atoms with E-state index in [9.17, 15) is 9.59 Å². The highest BCUT2D eigenvalue weighted by Gasteiger charge is 2.33. The molecule has 1 amide bonds. The van der Waals surface area contributed by atoms with E-state index >= 15 is 0 Å². The van der Waals surface area contributed by atoms with Crippen LogP contribution in [0.3, 0.4) is 0 Å². The van der Waals surface area contributed by atoms with Gasteiger partial charge in [-0.15, -0.1) is 12.1 Å². The first-order valence-electron chi connectivity index (χ1n) is 11.1. The average Bonchev–Trinajstić information content (AvgIpc) is 3.53. The monoisotopic (exact) mass is 484 g/mol. The summed E-state index contributed by atoms with van der Waals surface area (Å²) in [6.45, 7) is 0.409. The van der Waals surface area contributed by atoms with Gasteiger partial charge in [0.15, 0.2) is 16.7 Å². The normalized spacial score (nSPS) is 12.9. The highest BCUT2D eigenvalue weighted by molar-refractivity contribution is 7.81. The van der Waals surface area contributed by atoms with Crippen LogP contribution in [0.15, 0.2) is 79.3 Å². The SMILES string of the molecule is CN(C)C(=O)[n+]1cc(C(=O)[C-]2C=[S+][C-](c3cccnc3)[NH2+]2)c2ccc(OCc3ccccc3)c[c-]21. The van der Waals surface area contributed by atoms with E-state index in [1.807, 2.05) is 71.3 Å². The van der Waals surface area contributed by atoms with Gasteiger partial charge in [-0.2, -0.15) is 0 Å². The molecule has 4 aromatic rings. The zero-order valence-electron chi connectivity index (χ0n) is 19.3. The largest absolute Gasteiger partial charge is 0.518 e. The number of rotatable bonds is 6. The first kappa shape index (κ1) is 22.6. The molecule has 0 unspecified atom stereocenters. The molecule has 0 saturated heterocycles. The van der Waals surface area contributed by atoms with Gasteiger partial charge in [-0.25, -0.2) is 9.36 Å². The van der Waals surface area contributed by atoms with Gasteiger partial charge in [0.05, 0.1) is 31.4 Å². The van der Waals surface area contributed by atoms with E-state index in [1.165, 1.54) is 20.8 Å². The lowest BCUT2D eigenvalue weighted by molar-refractivity contribution is -0.580. The van der Waals surface area contributed by atoms with Crippen molar-refractivity contribution in [3.05, 3.63) is 107 Å². The van der Waals surface area contributed by atoms with Crippen molar-refractivity contribution in [1.82, 2.24) is 9.88 Å². The maximum Gasteiger partial charge on any atom is 0.441 e. The third-order valence-electron chi connectivity index (χ3n) is 5.67. The summed E-state index contributed by atoms with van der Waals surface area (Å²) in [5.41, 5.74) is 3.10. The van der Waals surface area contributed by atoms with Crippen molar-refractivity contribution in [2.24, 2.45) is 0 Å². The van der Waals surface area contributed by atoms with Crippen LogP contribution in [0.2, 0.25) is 0 Å². The number of amides is 1. The fourth-order valence-corrected chi connectivity index (χ4v) is 4.74. The predicted molar refractivity (Wildman–Crippen MR) is 135 cm³/mol. The number of carbonyl (C=O) groups excluding carboxylic acids is 2. The lowest BCUT2D eigenvalue weighted by atomic mass is 10.0. The van der Waals surface area contributed by atoms with Crippen molar-refractivity contribution in [2.45, 2.75) is 6.61 Å². The summed E-state index contributed by atoms with van der Waals surface area (Å²) < 4.78 is 7.48. The highest BCUT2D eigenvalue weighted by Crippen LogP contribution is 2.25. The van der Waals surface area contributed by atoms with Gasteiger partial charge < -0.3 is 19.8 Å². The summed E-state index contributed by atoms with van der Waals surface area (Å²) >= 11 is 1.49. The summed E-state index contributed by atoms with van der Waals surface area (Å²) in [5.74, 6) is 0.491. The van der Waals surface area contributed by atoms with Crippen molar-refractivity contribution in [2.75, 3.05) is 14.1 Å². The molecular weight excluding hydrogens is 460 g/mol. The Morgan fingerprint density at radius 2 is 1.94 bits per heavy atom. The van der Waals surface area contributed by atoms with Gasteiger partial charge in [-0.1, -0.05) is 54.0 Å². The number of aromatic nitrogens is 2. The van der Waals surface area contributed by atoms with Crippen LogP contribution in [-0.2, 0) is 18.0 Å². The molecule has 5 rings (SSSR count). The molecule has 0 bridgehead atoms. The van der Waals surface area contributed by atoms with Crippen LogP contribution >= 0.6 is 0 Å². The number of carbonyl (C=O) groups is 2. The number of nitrogens with zero attached hydrogens (tertiary/aromatic N) is 3. The van der Waals surface area contributed by atoms with E-state index in [-0.39, 0.29) is 11.8 Å². The second-order valence-electron chi connectivity index (χ2n) is 8.31. The Balaban J connectivity index is 1.44. The van der Waals surface area contributed by atoms with Crippen molar-refractivity contribution in [3.63, 3.8) is 0 Å². The molecule has 2 aromatic heterocycles. The van der Waals surface area contributed by atoms with Gasteiger partial charge >= 0.3 is 6.03 Å². The minimum atomic E-state index is -0.240. The zero-order valence-corrected chi connectivity index (χ0v) is 20.2. The van der Waals surface area contributed by atoms with E-state index in [0.29, 0.717) is 34.9 Å². The Labute approximate surface area is 207 Å². The minimum absolute atomic E-state index is 0.135. The van der Waals surface area contributed by atoms with Crippen molar-refractivity contribution in [1.29, 1.82) is 0 Å². The van der Waals surface area contributed by atoms with Crippen LogP contribution in [-0.4, -0.2) is 41.2 Å². The predicted octanol–water partition coefficient (Wildman–Crippen LogP) is 2.06. The smallest absolute Gasteiger partial charge is 0.441 e. The summed E-state index contributed by atoms with van der Waals surface area (Å²) in [7, 11) is 3.37. The Hall–Kier alpha value is -4.14. The molecule has 1 aliphatic rings. The maximum absolute atomic E-state index is 13.5. The number of hydrogen-bond acceptors (Lipinski definition) is 4. The van der Waals surface area contributed by atoms with Crippen LogP contribution in [0.4, 0.5) is 4.79 Å². The number of pyridine rings is 1. The number of ether oxygens (including phenoxy) is 1. The molecule has 3 heterocycles. The highest BCUT2D eigenvalue weighted by atomic mass is 32.1. The van der Waals surface area contributed by atoms with Crippen LogP contribution < -0.4 is 14.6 Å². The Kier molecular flexibility index (Phi) is 6.22. The number of Topliss-reactive ketones (excluding diaryl/α,β-unsaturated/α-hetero) is 1. The quantitative estimate of drug-likeness (QED) is 0.149. The average molecular weight is 485 g/mol. The van der Waals surface area contributed by atoms with Crippen LogP contribution in [0, 0.1) is 11.4 Å². The third-order valence-corrected chi connectivity index (χ3v) is 6.65. The molecular formula is C27H24N4O3S. The summed E-state index contributed by atoms with van der Waals surface area (Å²) in [5, 5.41) is 5.38. The number of nitrogens with two attached hydrogens (primary N) is 1. The lowest BCUT2D eigenvalue weighted by Crippen LogP contribution is -2.86. The molecule has 2 aromatic carbocycles. The van der Waals surface area contributed by atoms with Gasteiger partial charge in [0.25, 0.3) is 5.37 Å². The van der Waals surface area contributed by atoms with E-state index in [1.54, 1.807) is 32.7 Å². The van der Waals surface area contributed by atoms with Gasteiger partial charge in [0.1, 0.15) is 12.4 Å². The van der Waals surface area contributed by atoms with E-state index < -0.39 is 0 Å². The van der Waals surface area contributed by atoms with Crippen LogP contribution in [0.5, 0.6) is 5.75 Å². The first-order chi connectivity index (χ1) is 17.0. The fraction of sp³-hybridized carbons (Fsp3) is 0.111. The molecule has 35 heavy (non-hydrogen) atoms. The maximum atomic E-state index is 13.5. The van der Waals surface area contributed by atoms with Crippen molar-refractivity contribution in [3.8, 4) is 5.75 Å². The molecule has 0 spiro atoms. The molecule has 7 nitrogen and oxygen atoms in total. The van der Waals surface area contributed by atoms with Gasteiger partial charge in [-0.05, 0) is 29.0 Å². The molecule has 0 radical (unpaired) electrons. The lowest BCUT2D eigenvalue weighted by Gasteiger charge is -2.13. The molecule has 0 saturated carbocycles. The Morgan fingerprint density at radius 1 is 1.11 bits per heavy atom. The fourth-order valence-electron chi connectivity index (χ4n) is 3.86. The van der Waals surface area contributed by atoms with Crippen molar-refractivity contribution >= 4 is 39.4 Å². The summed E-state index contributed by atoms with van der Waals surface area (Å²) in [4.78, 5) is 32.1. The minimum Gasteiger partial charge on any atom is -0.518 e. The number of ketones is 1. The van der Waals surface area contributed by atoms with Crippen LogP contribution in [0.1, 0.15) is 21.5 Å². The van der Waals surface area contributed by atoms with Gasteiger partial charge in [0.2, 0.25) is 0 Å². The molecule has 2 N–H and O–H groups in total. The van der Waals surface area contributed by atoms with Crippen molar-refractivity contribution < 1.29 is 24.2 Å². The number of quaternary nitrogens is 1. The molecule has 176 valence electrons. The topological polar surface area (TPSA) is 80.0 Å². The van der Waals surface area contributed by atoms with E-state index in [2.05, 4.69) is 4.98 Å². The van der Waals surface area contributed by atoms with E-state index in [4.69, 9.17) is 4.74 Å². The molecule has 0 atom stereocenters. The first-order valence-corrected chi connectivity index (χ1v) is 12.0.